The summed E-state index contributed by atoms with van der Waals surface area (Å²) < 4.78 is 0. The Labute approximate surface area is 130 Å². The van der Waals surface area contributed by atoms with Crippen molar-refractivity contribution in [2.75, 3.05) is 0 Å². The van der Waals surface area contributed by atoms with E-state index in [1.807, 2.05) is 0 Å². The minimum Gasteiger partial charge on any atom is -0.0654 e. The molecule has 0 bridgehead atoms. The van der Waals surface area contributed by atoms with Gasteiger partial charge < -0.3 is 0 Å². The predicted molar refractivity (Wildman–Crippen MR) is 94.3 cm³/mol. The molecule has 0 fully saturated rings. The number of unbranched alkanes of at least 4 members (excludes halogenated alkanes) is 7. The first-order valence-electron chi connectivity index (χ1n) is 9.58. The molecule has 0 radical (unpaired) electrons. The first-order valence-corrected chi connectivity index (χ1v) is 9.58. The van der Waals surface area contributed by atoms with Crippen molar-refractivity contribution in [2.45, 2.75) is 118 Å². The van der Waals surface area contributed by atoms with E-state index in [4.69, 9.17) is 0 Å². The molecule has 2 unspecified atom stereocenters. The molecule has 0 spiro atoms. The zero-order chi connectivity index (χ0) is 15.3. The Morgan fingerprint density at radius 1 is 0.750 bits per heavy atom. The number of hydrogen-bond donors (Lipinski definition) is 0. The van der Waals surface area contributed by atoms with Crippen molar-refractivity contribution in [3.05, 3.63) is 0 Å². The molecule has 0 amide bonds. The highest BCUT2D eigenvalue weighted by Gasteiger charge is 2.23. The average molecular weight is 283 g/mol. The Hall–Kier alpha value is 0. The molecule has 0 saturated heterocycles. The second-order valence-corrected chi connectivity index (χ2v) is 7.49. The van der Waals surface area contributed by atoms with Gasteiger partial charge in [-0.25, -0.2) is 0 Å². The zero-order valence-corrected chi connectivity index (χ0v) is 15.3. The van der Waals surface area contributed by atoms with Crippen LogP contribution in [0.15, 0.2) is 0 Å². The van der Waals surface area contributed by atoms with Gasteiger partial charge in [-0.1, -0.05) is 105 Å². The van der Waals surface area contributed by atoms with Crippen LogP contribution in [-0.2, 0) is 0 Å². The van der Waals surface area contributed by atoms with Gasteiger partial charge in [0.1, 0.15) is 0 Å². The molecule has 0 aromatic rings. The van der Waals surface area contributed by atoms with E-state index in [1.165, 1.54) is 83.5 Å². The fraction of sp³-hybridized carbons (Fsp3) is 1.00. The monoisotopic (exact) mass is 282 g/mol. The molecule has 20 heavy (non-hydrogen) atoms. The van der Waals surface area contributed by atoms with Gasteiger partial charge in [0, 0.05) is 0 Å². The summed E-state index contributed by atoms with van der Waals surface area (Å²) in [6, 6.07) is 0. The quantitative estimate of drug-likeness (QED) is 0.285. The molecule has 0 aliphatic rings. The van der Waals surface area contributed by atoms with Gasteiger partial charge in [0.2, 0.25) is 0 Å². The molecule has 0 aromatic heterocycles. The third kappa shape index (κ3) is 10.7. The number of hydrogen-bond acceptors (Lipinski definition) is 0. The standard InChI is InChI=1S/C20H42/c1-6-9-11-12-13-14-16-19(4)18-20(5,8-3)17-15-10-7-2/h19H,6-18H2,1-5H3. The van der Waals surface area contributed by atoms with E-state index in [0.717, 1.165) is 5.92 Å². The molecule has 0 aliphatic heterocycles. The first-order chi connectivity index (χ1) is 9.58. The summed E-state index contributed by atoms with van der Waals surface area (Å²) in [5.41, 5.74) is 0.608. The molecule has 0 heteroatoms. The lowest BCUT2D eigenvalue weighted by Gasteiger charge is -2.31. The lowest BCUT2D eigenvalue weighted by molar-refractivity contribution is 0.205. The smallest absolute Gasteiger partial charge is 0.0326 e. The Kier molecular flexibility index (Phi) is 12.7. The van der Waals surface area contributed by atoms with Gasteiger partial charge >= 0.3 is 0 Å². The van der Waals surface area contributed by atoms with E-state index >= 15 is 0 Å². The largest absolute Gasteiger partial charge is 0.0654 e. The minimum absolute atomic E-state index is 0.608. The molecular weight excluding hydrogens is 240 g/mol. The Balaban J connectivity index is 3.76. The summed E-state index contributed by atoms with van der Waals surface area (Å²) in [6.07, 6.45) is 18.5. The van der Waals surface area contributed by atoms with Crippen LogP contribution in [0.4, 0.5) is 0 Å². The highest BCUT2D eigenvalue weighted by molar-refractivity contribution is 4.75. The van der Waals surface area contributed by atoms with Crippen LogP contribution in [0, 0.1) is 11.3 Å². The summed E-state index contributed by atoms with van der Waals surface area (Å²) in [6.45, 7) is 12.0. The normalized spacial score (nSPS) is 16.1. The van der Waals surface area contributed by atoms with Gasteiger partial charge in [0.05, 0.1) is 0 Å². The van der Waals surface area contributed by atoms with Crippen molar-refractivity contribution in [3.63, 3.8) is 0 Å². The second-order valence-electron chi connectivity index (χ2n) is 7.49. The van der Waals surface area contributed by atoms with Crippen LogP contribution >= 0.6 is 0 Å². The van der Waals surface area contributed by atoms with Gasteiger partial charge in [0.25, 0.3) is 0 Å². The SMILES string of the molecule is CCCCCCCCC(C)CC(C)(CC)CCCCC. The van der Waals surface area contributed by atoms with Crippen molar-refractivity contribution in [3.8, 4) is 0 Å². The van der Waals surface area contributed by atoms with Gasteiger partial charge in [-0.2, -0.15) is 0 Å². The van der Waals surface area contributed by atoms with Gasteiger partial charge in [-0.05, 0) is 24.2 Å². The van der Waals surface area contributed by atoms with E-state index in [1.54, 1.807) is 0 Å². The van der Waals surface area contributed by atoms with E-state index < -0.39 is 0 Å². The summed E-state index contributed by atoms with van der Waals surface area (Å²) in [4.78, 5) is 0. The first kappa shape index (κ1) is 20.0. The molecule has 2 atom stereocenters. The van der Waals surface area contributed by atoms with Gasteiger partial charge in [0.15, 0.2) is 0 Å². The van der Waals surface area contributed by atoms with Crippen LogP contribution in [-0.4, -0.2) is 0 Å². The number of rotatable bonds is 14. The van der Waals surface area contributed by atoms with Crippen LogP contribution in [0.5, 0.6) is 0 Å². The third-order valence-electron chi connectivity index (χ3n) is 5.13. The van der Waals surface area contributed by atoms with Crippen LogP contribution in [0.1, 0.15) is 118 Å². The predicted octanol–water partition coefficient (Wildman–Crippen LogP) is 7.76. The maximum Gasteiger partial charge on any atom is -0.0326 e. The topological polar surface area (TPSA) is 0 Å². The summed E-state index contributed by atoms with van der Waals surface area (Å²) in [5.74, 6) is 0.924. The molecule has 0 aromatic carbocycles. The van der Waals surface area contributed by atoms with E-state index in [-0.39, 0.29) is 0 Å². The van der Waals surface area contributed by atoms with Crippen LogP contribution in [0.3, 0.4) is 0 Å². The highest BCUT2D eigenvalue weighted by Crippen LogP contribution is 2.36. The van der Waals surface area contributed by atoms with Crippen molar-refractivity contribution < 1.29 is 0 Å². The highest BCUT2D eigenvalue weighted by atomic mass is 14.3. The minimum atomic E-state index is 0.608. The Morgan fingerprint density at radius 3 is 1.90 bits per heavy atom. The van der Waals surface area contributed by atoms with Crippen molar-refractivity contribution in [1.82, 2.24) is 0 Å². The molecule has 0 N–H and O–H groups in total. The lowest BCUT2D eigenvalue weighted by Crippen LogP contribution is -2.19. The Bertz CT molecular complexity index is 196. The van der Waals surface area contributed by atoms with Gasteiger partial charge in [-0.15, -0.1) is 0 Å². The zero-order valence-electron chi connectivity index (χ0n) is 15.3. The van der Waals surface area contributed by atoms with Crippen LogP contribution in [0.25, 0.3) is 0 Å². The summed E-state index contributed by atoms with van der Waals surface area (Å²) >= 11 is 0. The molecule has 0 nitrogen and oxygen atoms in total. The molecule has 0 rings (SSSR count). The fourth-order valence-electron chi connectivity index (χ4n) is 3.44. The molecule has 0 heterocycles. The molecule has 0 saturated carbocycles. The molecule has 0 aliphatic carbocycles. The maximum absolute atomic E-state index is 2.53. The van der Waals surface area contributed by atoms with E-state index in [0.29, 0.717) is 5.41 Å². The van der Waals surface area contributed by atoms with Crippen LogP contribution in [0.2, 0.25) is 0 Å². The van der Waals surface area contributed by atoms with E-state index in [2.05, 4.69) is 34.6 Å². The molecule has 122 valence electrons. The van der Waals surface area contributed by atoms with Crippen molar-refractivity contribution in [2.24, 2.45) is 11.3 Å². The van der Waals surface area contributed by atoms with Crippen LogP contribution < -0.4 is 0 Å². The molecular formula is C20H42. The third-order valence-corrected chi connectivity index (χ3v) is 5.13. The second kappa shape index (κ2) is 12.7. The lowest BCUT2D eigenvalue weighted by atomic mass is 9.74. The Morgan fingerprint density at radius 2 is 1.30 bits per heavy atom. The van der Waals surface area contributed by atoms with E-state index in [9.17, 15) is 0 Å². The van der Waals surface area contributed by atoms with Crippen molar-refractivity contribution >= 4 is 0 Å². The maximum atomic E-state index is 2.53. The average Bonchev–Trinajstić information content (AvgIpc) is 2.43. The van der Waals surface area contributed by atoms with Gasteiger partial charge in [-0.3, -0.25) is 0 Å². The summed E-state index contributed by atoms with van der Waals surface area (Å²) in [7, 11) is 0. The van der Waals surface area contributed by atoms with Crippen molar-refractivity contribution in [1.29, 1.82) is 0 Å². The fourth-order valence-corrected chi connectivity index (χ4v) is 3.44. The summed E-state index contributed by atoms with van der Waals surface area (Å²) in [5, 5.41) is 0.